The molecule has 1 heterocycles. The zero-order valence-corrected chi connectivity index (χ0v) is 10.2. The zero-order valence-electron chi connectivity index (χ0n) is 10.2. The first-order valence-corrected chi connectivity index (χ1v) is 5.72. The highest BCUT2D eigenvalue weighted by Gasteiger charge is 2.30. The van der Waals surface area contributed by atoms with E-state index in [-0.39, 0.29) is 24.0 Å². The molecule has 2 unspecified atom stereocenters. The fraction of sp³-hybridized carbons (Fsp3) is 0.818. The molecule has 1 fully saturated rings. The summed E-state index contributed by atoms with van der Waals surface area (Å²) in [6, 6.07) is -0.0620. The van der Waals surface area contributed by atoms with Crippen LogP contribution in [0.1, 0.15) is 27.2 Å². The third-order valence-electron chi connectivity index (χ3n) is 2.80. The summed E-state index contributed by atoms with van der Waals surface area (Å²) >= 11 is 0. The third kappa shape index (κ3) is 3.48. The lowest BCUT2D eigenvalue weighted by molar-refractivity contribution is -0.148. The SMILES string of the molecule is CCOC(=O)C(C)N1CCC(NC(C)=O)C1. The molecule has 0 aliphatic carbocycles. The second-order valence-electron chi connectivity index (χ2n) is 4.11. The van der Waals surface area contributed by atoms with E-state index in [9.17, 15) is 9.59 Å². The van der Waals surface area contributed by atoms with E-state index < -0.39 is 0 Å². The van der Waals surface area contributed by atoms with Gasteiger partial charge in [0.1, 0.15) is 6.04 Å². The molecular weight excluding hydrogens is 208 g/mol. The third-order valence-corrected chi connectivity index (χ3v) is 2.80. The van der Waals surface area contributed by atoms with E-state index in [0.717, 1.165) is 19.5 Å². The number of hydrogen-bond acceptors (Lipinski definition) is 4. The van der Waals surface area contributed by atoms with E-state index in [4.69, 9.17) is 4.74 Å². The van der Waals surface area contributed by atoms with Crippen LogP contribution in [-0.2, 0) is 14.3 Å². The lowest BCUT2D eigenvalue weighted by atomic mass is 10.2. The van der Waals surface area contributed by atoms with Gasteiger partial charge in [0.15, 0.2) is 0 Å². The molecular formula is C11H20N2O3. The topological polar surface area (TPSA) is 58.6 Å². The summed E-state index contributed by atoms with van der Waals surface area (Å²) in [6.07, 6.45) is 0.892. The molecule has 1 aliphatic heterocycles. The molecule has 1 rings (SSSR count). The molecule has 0 spiro atoms. The molecule has 0 saturated carbocycles. The molecule has 0 aromatic rings. The van der Waals surface area contributed by atoms with Crippen LogP contribution in [0.4, 0.5) is 0 Å². The average Bonchev–Trinajstić information content (AvgIpc) is 2.64. The molecule has 1 aliphatic rings. The van der Waals surface area contributed by atoms with Crippen molar-refractivity contribution in [3.05, 3.63) is 0 Å². The van der Waals surface area contributed by atoms with Crippen molar-refractivity contribution in [3.8, 4) is 0 Å². The molecule has 5 nitrogen and oxygen atoms in total. The van der Waals surface area contributed by atoms with E-state index in [1.54, 1.807) is 6.92 Å². The van der Waals surface area contributed by atoms with Crippen LogP contribution in [-0.4, -0.2) is 48.6 Å². The monoisotopic (exact) mass is 228 g/mol. The molecule has 0 aromatic heterocycles. The van der Waals surface area contributed by atoms with Crippen LogP contribution < -0.4 is 5.32 Å². The van der Waals surface area contributed by atoms with Gasteiger partial charge in [-0.2, -0.15) is 0 Å². The Morgan fingerprint density at radius 2 is 2.25 bits per heavy atom. The minimum atomic E-state index is -0.223. The van der Waals surface area contributed by atoms with Crippen molar-refractivity contribution in [2.24, 2.45) is 0 Å². The highest BCUT2D eigenvalue weighted by atomic mass is 16.5. The Morgan fingerprint density at radius 1 is 1.56 bits per heavy atom. The number of likely N-dealkylation sites (tertiary alicyclic amines) is 1. The van der Waals surface area contributed by atoms with E-state index in [1.807, 2.05) is 11.8 Å². The predicted octanol–water partition coefficient (Wildman–Crippen LogP) is 0.148. The van der Waals surface area contributed by atoms with Crippen LogP contribution in [0.2, 0.25) is 0 Å². The standard InChI is InChI=1S/C11H20N2O3/c1-4-16-11(15)8(2)13-6-5-10(7-13)12-9(3)14/h8,10H,4-7H2,1-3H3,(H,12,14). The minimum Gasteiger partial charge on any atom is -0.465 e. The van der Waals surface area contributed by atoms with Crippen LogP contribution in [0.3, 0.4) is 0 Å². The first-order chi connectivity index (χ1) is 7.54. The maximum absolute atomic E-state index is 11.5. The lowest BCUT2D eigenvalue weighted by Gasteiger charge is -2.22. The maximum Gasteiger partial charge on any atom is 0.323 e. The second kappa shape index (κ2) is 5.84. The van der Waals surface area contributed by atoms with Gasteiger partial charge >= 0.3 is 5.97 Å². The van der Waals surface area contributed by atoms with Gasteiger partial charge in [-0.05, 0) is 20.3 Å². The quantitative estimate of drug-likeness (QED) is 0.696. The number of amides is 1. The van der Waals surface area contributed by atoms with E-state index in [0.29, 0.717) is 6.61 Å². The summed E-state index contributed by atoms with van der Waals surface area (Å²) in [4.78, 5) is 24.4. The molecule has 5 heteroatoms. The number of rotatable bonds is 4. The van der Waals surface area contributed by atoms with Crippen molar-refractivity contribution in [1.82, 2.24) is 10.2 Å². The first-order valence-electron chi connectivity index (χ1n) is 5.72. The number of carbonyl (C=O) groups excluding carboxylic acids is 2. The molecule has 92 valence electrons. The van der Waals surface area contributed by atoms with Gasteiger partial charge in [0, 0.05) is 26.1 Å². The molecule has 16 heavy (non-hydrogen) atoms. The summed E-state index contributed by atoms with van der Waals surface area (Å²) in [5, 5.41) is 2.86. The summed E-state index contributed by atoms with van der Waals surface area (Å²) in [7, 11) is 0. The zero-order chi connectivity index (χ0) is 12.1. The van der Waals surface area contributed by atoms with Crippen molar-refractivity contribution < 1.29 is 14.3 Å². The van der Waals surface area contributed by atoms with Crippen LogP contribution in [0.15, 0.2) is 0 Å². The molecule has 0 radical (unpaired) electrons. The molecule has 1 N–H and O–H groups in total. The lowest BCUT2D eigenvalue weighted by Crippen LogP contribution is -2.41. The Labute approximate surface area is 96.1 Å². The van der Waals surface area contributed by atoms with Gasteiger partial charge in [-0.25, -0.2) is 0 Å². The maximum atomic E-state index is 11.5. The van der Waals surface area contributed by atoms with E-state index in [2.05, 4.69) is 5.32 Å². The number of carbonyl (C=O) groups is 2. The fourth-order valence-corrected chi connectivity index (χ4v) is 1.96. The van der Waals surface area contributed by atoms with Gasteiger partial charge < -0.3 is 10.1 Å². The summed E-state index contributed by atoms with van der Waals surface area (Å²) < 4.78 is 4.96. The van der Waals surface area contributed by atoms with Crippen molar-refractivity contribution >= 4 is 11.9 Å². The van der Waals surface area contributed by atoms with Crippen LogP contribution in [0.25, 0.3) is 0 Å². The number of esters is 1. The highest BCUT2D eigenvalue weighted by molar-refractivity contribution is 5.75. The molecule has 2 atom stereocenters. The second-order valence-corrected chi connectivity index (χ2v) is 4.11. The summed E-state index contributed by atoms with van der Waals surface area (Å²) in [5.41, 5.74) is 0. The van der Waals surface area contributed by atoms with Crippen LogP contribution >= 0.6 is 0 Å². The van der Waals surface area contributed by atoms with E-state index >= 15 is 0 Å². The number of nitrogens with one attached hydrogen (secondary N) is 1. The fourth-order valence-electron chi connectivity index (χ4n) is 1.96. The number of ether oxygens (including phenoxy) is 1. The average molecular weight is 228 g/mol. The van der Waals surface area contributed by atoms with Crippen molar-refractivity contribution in [2.75, 3.05) is 19.7 Å². The van der Waals surface area contributed by atoms with Gasteiger partial charge in [-0.15, -0.1) is 0 Å². The largest absolute Gasteiger partial charge is 0.465 e. The molecule has 1 amide bonds. The molecule has 0 bridgehead atoms. The van der Waals surface area contributed by atoms with Crippen molar-refractivity contribution in [3.63, 3.8) is 0 Å². The predicted molar refractivity (Wildman–Crippen MR) is 59.9 cm³/mol. The Balaban J connectivity index is 2.40. The van der Waals surface area contributed by atoms with Gasteiger partial charge in [-0.1, -0.05) is 0 Å². The first kappa shape index (κ1) is 13.0. The summed E-state index contributed by atoms with van der Waals surface area (Å²) in [5.74, 6) is -0.207. The highest BCUT2D eigenvalue weighted by Crippen LogP contribution is 2.13. The Morgan fingerprint density at radius 3 is 2.81 bits per heavy atom. The Kier molecular flexibility index (Phi) is 4.73. The number of nitrogens with zero attached hydrogens (tertiary/aromatic N) is 1. The minimum absolute atomic E-state index is 0.0179. The van der Waals surface area contributed by atoms with Gasteiger partial charge in [-0.3, -0.25) is 14.5 Å². The normalized spacial score (nSPS) is 22.8. The van der Waals surface area contributed by atoms with E-state index in [1.165, 1.54) is 6.92 Å². The smallest absolute Gasteiger partial charge is 0.323 e. The number of hydrogen-bond donors (Lipinski definition) is 1. The van der Waals surface area contributed by atoms with Crippen LogP contribution in [0.5, 0.6) is 0 Å². The van der Waals surface area contributed by atoms with Gasteiger partial charge in [0.25, 0.3) is 0 Å². The van der Waals surface area contributed by atoms with Gasteiger partial charge in [0.05, 0.1) is 6.61 Å². The van der Waals surface area contributed by atoms with Gasteiger partial charge in [0.2, 0.25) is 5.91 Å². The Bertz CT molecular complexity index is 268. The molecule has 1 saturated heterocycles. The summed E-state index contributed by atoms with van der Waals surface area (Å²) in [6.45, 7) is 7.11. The van der Waals surface area contributed by atoms with Crippen molar-refractivity contribution in [2.45, 2.75) is 39.3 Å². The molecule has 0 aromatic carbocycles. The Hall–Kier alpha value is -1.10. The van der Waals surface area contributed by atoms with Crippen molar-refractivity contribution in [1.29, 1.82) is 0 Å². The van der Waals surface area contributed by atoms with Crippen LogP contribution in [0, 0.1) is 0 Å².